The van der Waals surface area contributed by atoms with Crippen LogP contribution in [-0.2, 0) is 11.3 Å². The zero-order chi connectivity index (χ0) is 20.9. The topological polar surface area (TPSA) is 78.8 Å². The van der Waals surface area contributed by atoms with E-state index in [1.54, 1.807) is 18.2 Å². The van der Waals surface area contributed by atoms with Gasteiger partial charge in [0.15, 0.2) is 0 Å². The number of ether oxygens (including phenoxy) is 1. The van der Waals surface area contributed by atoms with Gasteiger partial charge in [-0.2, -0.15) is 0 Å². The van der Waals surface area contributed by atoms with Gasteiger partial charge >= 0.3 is 6.09 Å². The lowest BCUT2D eigenvalue weighted by Gasteiger charge is -2.14. The first-order chi connectivity index (χ1) is 14.7. The Hall–Kier alpha value is -3.57. The van der Waals surface area contributed by atoms with Crippen molar-refractivity contribution in [2.75, 3.05) is 13.2 Å². The molecule has 4 rings (SSSR count). The van der Waals surface area contributed by atoms with Crippen LogP contribution in [0.3, 0.4) is 0 Å². The number of fused-ring (bicyclic) bond motifs is 3. The van der Waals surface area contributed by atoms with Gasteiger partial charge in [-0.25, -0.2) is 4.79 Å². The number of aliphatic hydroxyl groups is 1. The van der Waals surface area contributed by atoms with Gasteiger partial charge in [0.2, 0.25) is 0 Å². The molecule has 152 valence electrons. The Bertz CT molecular complexity index is 1040. The summed E-state index contributed by atoms with van der Waals surface area (Å²) in [6.07, 6.45) is 3.13. The van der Waals surface area contributed by atoms with E-state index in [1.807, 2.05) is 30.3 Å². The fourth-order valence-electron chi connectivity index (χ4n) is 3.82. The second kappa shape index (κ2) is 8.84. The van der Waals surface area contributed by atoms with Crippen LogP contribution in [0.1, 0.15) is 28.2 Å². The van der Waals surface area contributed by atoms with Gasteiger partial charge in [0.25, 0.3) is 0 Å². The maximum atomic E-state index is 12.1. The highest BCUT2D eigenvalue weighted by Gasteiger charge is 2.28. The van der Waals surface area contributed by atoms with E-state index in [4.69, 9.17) is 4.74 Å². The molecule has 3 aromatic rings. The number of hydrogen-bond acceptors (Lipinski definition) is 4. The zero-order valence-electron chi connectivity index (χ0n) is 16.4. The van der Waals surface area contributed by atoms with Crippen LogP contribution in [-0.4, -0.2) is 29.5 Å². The molecule has 0 spiro atoms. The average molecular weight is 401 g/mol. The number of carbonyl (C=O) groups is 1. The van der Waals surface area contributed by atoms with Crippen LogP contribution in [0.5, 0.6) is 5.75 Å². The van der Waals surface area contributed by atoms with Gasteiger partial charge in [0, 0.05) is 18.0 Å². The van der Waals surface area contributed by atoms with Gasteiger partial charge in [0.1, 0.15) is 12.4 Å². The van der Waals surface area contributed by atoms with Gasteiger partial charge < -0.3 is 20.3 Å². The summed E-state index contributed by atoms with van der Waals surface area (Å²) in [4.78, 5) is 12.1. The van der Waals surface area contributed by atoms with E-state index < -0.39 is 6.09 Å². The Kier molecular flexibility index (Phi) is 5.82. The molecule has 5 heteroatoms. The van der Waals surface area contributed by atoms with E-state index in [9.17, 15) is 15.0 Å². The molecule has 1 aliphatic carbocycles. The summed E-state index contributed by atoms with van der Waals surface area (Å²) in [6, 6.07) is 21.4. The van der Waals surface area contributed by atoms with Crippen molar-refractivity contribution in [1.82, 2.24) is 5.32 Å². The number of alkyl carbamates (subject to hydrolysis) is 1. The largest absolute Gasteiger partial charge is 0.508 e. The van der Waals surface area contributed by atoms with Gasteiger partial charge in [-0.05, 0) is 39.9 Å². The minimum absolute atomic E-state index is 0.0348. The number of phenols is 1. The molecule has 0 radical (unpaired) electrons. The first kappa shape index (κ1) is 19.7. The van der Waals surface area contributed by atoms with E-state index in [-0.39, 0.29) is 24.9 Å². The lowest BCUT2D eigenvalue weighted by atomic mass is 9.98. The second-order valence-corrected chi connectivity index (χ2v) is 7.16. The van der Waals surface area contributed by atoms with Crippen LogP contribution in [0.4, 0.5) is 4.79 Å². The molecule has 0 heterocycles. The molecule has 1 amide bonds. The molecular weight excluding hydrogens is 378 g/mol. The van der Waals surface area contributed by atoms with E-state index >= 15 is 0 Å². The van der Waals surface area contributed by atoms with Crippen molar-refractivity contribution in [3.8, 4) is 16.9 Å². The Labute approximate surface area is 175 Å². The van der Waals surface area contributed by atoms with Crippen LogP contribution in [0, 0.1) is 0 Å². The lowest BCUT2D eigenvalue weighted by Crippen LogP contribution is -2.26. The van der Waals surface area contributed by atoms with E-state index in [1.165, 1.54) is 28.3 Å². The van der Waals surface area contributed by atoms with E-state index in [0.29, 0.717) is 12.1 Å². The molecule has 5 nitrogen and oxygen atoms in total. The van der Waals surface area contributed by atoms with Crippen molar-refractivity contribution < 1.29 is 19.7 Å². The summed E-state index contributed by atoms with van der Waals surface area (Å²) < 4.78 is 5.49. The first-order valence-electron chi connectivity index (χ1n) is 9.85. The second-order valence-electron chi connectivity index (χ2n) is 7.16. The third-order valence-corrected chi connectivity index (χ3v) is 5.29. The van der Waals surface area contributed by atoms with E-state index in [0.717, 1.165) is 5.56 Å². The number of benzene rings is 3. The summed E-state index contributed by atoms with van der Waals surface area (Å²) in [5.41, 5.74) is 6.03. The van der Waals surface area contributed by atoms with Gasteiger partial charge in [-0.15, -0.1) is 0 Å². The standard InChI is InChI=1S/C25H23NO4/c27-15-18-14-17(11-12-24(18)28)6-5-13-26-25(29)30-16-23-21-9-3-1-7-19(21)20-8-2-4-10-22(20)23/h1-12,14,23,27-28H,13,15-16H2,(H,26,29). The Morgan fingerprint density at radius 1 is 1.00 bits per heavy atom. The number of aromatic hydroxyl groups is 1. The minimum atomic E-state index is -0.469. The predicted molar refractivity (Wildman–Crippen MR) is 116 cm³/mol. The highest BCUT2D eigenvalue weighted by atomic mass is 16.5. The maximum Gasteiger partial charge on any atom is 0.407 e. The van der Waals surface area contributed by atoms with Crippen molar-refractivity contribution in [3.63, 3.8) is 0 Å². The van der Waals surface area contributed by atoms with Gasteiger partial charge in [-0.3, -0.25) is 0 Å². The maximum absolute atomic E-state index is 12.1. The molecule has 0 saturated heterocycles. The Balaban J connectivity index is 1.32. The Morgan fingerprint density at radius 2 is 1.67 bits per heavy atom. The summed E-state index contributed by atoms with van der Waals surface area (Å²) >= 11 is 0. The quantitative estimate of drug-likeness (QED) is 0.571. The fraction of sp³-hybridized carbons (Fsp3) is 0.160. The SMILES string of the molecule is O=C(NCC=Cc1ccc(O)c(CO)c1)OCC1c2ccccc2-c2ccccc21. The average Bonchev–Trinajstić information content (AvgIpc) is 3.10. The third kappa shape index (κ3) is 4.07. The van der Waals surface area contributed by atoms with Crippen molar-refractivity contribution in [1.29, 1.82) is 0 Å². The van der Waals surface area contributed by atoms with Gasteiger partial charge in [-0.1, -0.05) is 66.7 Å². The van der Waals surface area contributed by atoms with Crippen molar-refractivity contribution in [2.24, 2.45) is 0 Å². The molecule has 0 fully saturated rings. The molecule has 1 aliphatic rings. The molecule has 0 aliphatic heterocycles. The summed E-state index contributed by atoms with van der Waals surface area (Å²) in [5.74, 6) is 0.0963. The normalized spacial score (nSPS) is 12.6. The molecule has 30 heavy (non-hydrogen) atoms. The fourth-order valence-corrected chi connectivity index (χ4v) is 3.82. The van der Waals surface area contributed by atoms with Crippen LogP contribution in [0.15, 0.2) is 72.8 Å². The summed E-state index contributed by atoms with van der Waals surface area (Å²) in [7, 11) is 0. The number of nitrogens with one attached hydrogen (secondary N) is 1. The molecule has 0 saturated carbocycles. The number of carbonyl (C=O) groups excluding carboxylic acids is 1. The highest BCUT2D eigenvalue weighted by molar-refractivity contribution is 5.79. The molecule has 0 atom stereocenters. The monoisotopic (exact) mass is 401 g/mol. The Morgan fingerprint density at radius 3 is 2.33 bits per heavy atom. The number of amides is 1. The minimum Gasteiger partial charge on any atom is -0.508 e. The molecule has 0 unspecified atom stereocenters. The molecule has 0 aromatic heterocycles. The number of hydrogen-bond donors (Lipinski definition) is 3. The highest BCUT2D eigenvalue weighted by Crippen LogP contribution is 2.44. The predicted octanol–water partition coefficient (Wildman–Crippen LogP) is 4.44. The number of aliphatic hydroxyl groups excluding tert-OH is 1. The molecule has 3 aromatic carbocycles. The van der Waals surface area contributed by atoms with Crippen molar-refractivity contribution >= 4 is 12.2 Å². The van der Waals surface area contributed by atoms with E-state index in [2.05, 4.69) is 29.6 Å². The van der Waals surface area contributed by atoms with Crippen LogP contribution >= 0.6 is 0 Å². The number of rotatable bonds is 6. The van der Waals surface area contributed by atoms with Crippen LogP contribution in [0.2, 0.25) is 0 Å². The third-order valence-electron chi connectivity index (χ3n) is 5.29. The van der Waals surface area contributed by atoms with Crippen molar-refractivity contribution in [2.45, 2.75) is 12.5 Å². The molecule has 3 N–H and O–H groups in total. The zero-order valence-corrected chi connectivity index (χ0v) is 16.4. The smallest absolute Gasteiger partial charge is 0.407 e. The lowest BCUT2D eigenvalue weighted by molar-refractivity contribution is 0.144. The summed E-state index contributed by atoms with van der Waals surface area (Å²) in [5, 5.41) is 21.5. The first-order valence-corrected chi connectivity index (χ1v) is 9.85. The summed E-state index contributed by atoms with van der Waals surface area (Å²) in [6.45, 7) is 0.360. The van der Waals surface area contributed by atoms with Gasteiger partial charge in [0.05, 0.1) is 6.61 Å². The van der Waals surface area contributed by atoms with Crippen molar-refractivity contribution in [3.05, 3.63) is 95.1 Å². The van der Waals surface area contributed by atoms with Crippen LogP contribution < -0.4 is 5.32 Å². The van der Waals surface area contributed by atoms with Crippen LogP contribution in [0.25, 0.3) is 17.2 Å². The molecule has 0 bridgehead atoms. The molecular formula is C25H23NO4.